The van der Waals surface area contributed by atoms with Crippen LogP contribution in [0.3, 0.4) is 0 Å². The van der Waals surface area contributed by atoms with Gasteiger partial charge in [0.1, 0.15) is 11.9 Å². The van der Waals surface area contributed by atoms with Crippen molar-refractivity contribution in [1.82, 2.24) is 5.32 Å². The van der Waals surface area contributed by atoms with Crippen molar-refractivity contribution in [2.75, 3.05) is 12.4 Å². The molecule has 0 spiro atoms. The Labute approximate surface area is 262 Å². The minimum Gasteiger partial charge on any atom is -0.467 e. The van der Waals surface area contributed by atoms with Crippen LogP contribution in [0.5, 0.6) is 0 Å². The molecule has 0 bridgehead atoms. The lowest BCUT2D eigenvalue weighted by atomic mass is 9.98. The van der Waals surface area contributed by atoms with Gasteiger partial charge in [0.2, 0.25) is 5.91 Å². The Morgan fingerprint density at radius 1 is 0.822 bits per heavy atom. The van der Waals surface area contributed by atoms with Crippen LogP contribution in [0.4, 0.5) is 23.2 Å². The summed E-state index contributed by atoms with van der Waals surface area (Å²) in [6.45, 7) is 3.35. The summed E-state index contributed by atoms with van der Waals surface area (Å²) < 4.78 is 57.7. The number of nitrogens with one attached hydrogen (secondary N) is 2. The van der Waals surface area contributed by atoms with E-state index in [2.05, 4.69) is 10.6 Å². The summed E-state index contributed by atoms with van der Waals surface area (Å²) in [6, 6.07) is 19.2. The van der Waals surface area contributed by atoms with Gasteiger partial charge < -0.3 is 15.4 Å². The first-order chi connectivity index (χ1) is 21.3. The summed E-state index contributed by atoms with van der Waals surface area (Å²) >= 11 is 5.90. The molecule has 0 aliphatic heterocycles. The van der Waals surface area contributed by atoms with Gasteiger partial charge in [0.15, 0.2) is 0 Å². The van der Waals surface area contributed by atoms with E-state index in [1.807, 2.05) is 0 Å². The van der Waals surface area contributed by atoms with Crippen molar-refractivity contribution in [3.63, 3.8) is 0 Å². The quantitative estimate of drug-likeness (QED) is 0.144. The van der Waals surface area contributed by atoms with Gasteiger partial charge >= 0.3 is 12.1 Å². The van der Waals surface area contributed by atoms with Crippen molar-refractivity contribution < 1.29 is 36.7 Å². The summed E-state index contributed by atoms with van der Waals surface area (Å²) in [5, 5.41) is 5.35. The monoisotopic (exact) mass is 640 g/mol. The first kappa shape index (κ1) is 33.2. The van der Waals surface area contributed by atoms with E-state index in [0.717, 1.165) is 17.7 Å². The van der Waals surface area contributed by atoms with Crippen LogP contribution in [-0.2, 0) is 26.9 Å². The second kappa shape index (κ2) is 13.9. The SMILES string of the molecule is COC(=O)C(Cc1ccc(-c2ccc(F)c(Cl)c2)cc1)NC(=O)c1cc(-c2ccc(C(F)(F)F)cc2)ccc1NC(=O)C(C)C. The number of alkyl halides is 3. The molecule has 0 radical (unpaired) electrons. The van der Waals surface area contributed by atoms with Crippen LogP contribution in [0.2, 0.25) is 5.02 Å². The number of methoxy groups -OCH3 is 1. The van der Waals surface area contributed by atoms with E-state index < -0.39 is 41.4 Å². The van der Waals surface area contributed by atoms with Crippen molar-refractivity contribution in [2.45, 2.75) is 32.5 Å². The topological polar surface area (TPSA) is 84.5 Å². The number of rotatable bonds is 9. The summed E-state index contributed by atoms with van der Waals surface area (Å²) in [6.07, 6.45) is -4.46. The fourth-order valence-corrected chi connectivity index (χ4v) is 4.65. The Morgan fingerprint density at radius 2 is 1.38 bits per heavy atom. The maximum atomic E-state index is 13.6. The summed E-state index contributed by atoms with van der Waals surface area (Å²) in [5.74, 6) is -2.74. The Bertz CT molecular complexity index is 1710. The molecule has 0 aliphatic carbocycles. The van der Waals surface area contributed by atoms with Crippen molar-refractivity contribution in [2.24, 2.45) is 5.92 Å². The van der Waals surface area contributed by atoms with E-state index in [0.29, 0.717) is 22.3 Å². The maximum Gasteiger partial charge on any atom is 0.416 e. The Hall–Kier alpha value is -4.70. The van der Waals surface area contributed by atoms with Gasteiger partial charge in [-0.05, 0) is 64.2 Å². The van der Waals surface area contributed by atoms with E-state index in [4.69, 9.17) is 16.3 Å². The molecule has 11 heteroatoms. The zero-order chi connectivity index (χ0) is 32.9. The Kier molecular flexibility index (Phi) is 10.3. The first-order valence-electron chi connectivity index (χ1n) is 13.8. The Balaban J connectivity index is 1.62. The fraction of sp³-hybridized carbons (Fsp3) is 0.206. The molecule has 4 aromatic rings. The molecule has 234 valence electrons. The third-order valence-corrected chi connectivity index (χ3v) is 7.32. The van der Waals surface area contributed by atoms with Crippen LogP contribution in [0.25, 0.3) is 22.3 Å². The highest BCUT2D eigenvalue weighted by Crippen LogP contribution is 2.32. The smallest absolute Gasteiger partial charge is 0.416 e. The summed E-state index contributed by atoms with van der Waals surface area (Å²) in [7, 11) is 1.18. The van der Waals surface area contributed by atoms with E-state index in [9.17, 15) is 31.9 Å². The van der Waals surface area contributed by atoms with Crippen LogP contribution < -0.4 is 10.6 Å². The lowest BCUT2D eigenvalue weighted by Crippen LogP contribution is -2.43. The molecule has 2 amide bonds. The number of esters is 1. The standard InChI is InChI=1S/C34H29ClF4N2O4/c1-19(2)31(42)40-29-15-11-23(22-8-12-25(13-9-22)34(37,38)39)17-26(29)32(43)41-30(33(44)45-3)16-20-4-6-21(7-5-20)24-10-14-28(36)27(35)18-24/h4-15,17-19,30H,16H2,1-3H3,(H,40,42)(H,41,43). The van der Waals surface area contributed by atoms with Crippen molar-refractivity contribution in [1.29, 1.82) is 0 Å². The molecular formula is C34H29ClF4N2O4. The molecule has 0 saturated heterocycles. The van der Waals surface area contributed by atoms with Gasteiger partial charge in [0.05, 0.1) is 28.9 Å². The van der Waals surface area contributed by atoms with Crippen LogP contribution in [0.1, 0.15) is 35.3 Å². The fourth-order valence-electron chi connectivity index (χ4n) is 4.47. The molecule has 45 heavy (non-hydrogen) atoms. The molecule has 0 fully saturated rings. The predicted molar refractivity (Wildman–Crippen MR) is 164 cm³/mol. The van der Waals surface area contributed by atoms with Crippen LogP contribution in [0, 0.1) is 11.7 Å². The van der Waals surface area contributed by atoms with E-state index in [1.165, 1.54) is 43.5 Å². The van der Waals surface area contributed by atoms with Gasteiger partial charge in [0.25, 0.3) is 5.91 Å². The highest BCUT2D eigenvalue weighted by molar-refractivity contribution is 6.31. The van der Waals surface area contributed by atoms with Crippen molar-refractivity contribution in [3.05, 3.63) is 112 Å². The number of benzene rings is 4. The van der Waals surface area contributed by atoms with Gasteiger partial charge in [-0.2, -0.15) is 13.2 Å². The van der Waals surface area contributed by atoms with Crippen molar-refractivity contribution in [3.8, 4) is 22.3 Å². The number of ether oxygens (including phenoxy) is 1. The average molecular weight is 641 g/mol. The molecule has 0 heterocycles. The number of hydrogen-bond acceptors (Lipinski definition) is 4. The minimum atomic E-state index is -4.51. The zero-order valence-corrected chi connectivity index (χ0v) is 25.2. The molecule has 0 aliphatic rings. The number of amides is 2. The molecule has 4 aromatic carbocycles. The normalized spacial score (nSPS) is 12.0. The number of carbonyl (C=O) groups excluding carboxylic acids is 3. The number of anilines is 1. The molecular weight excluding hydrogens is 612 g/mol. The van der Waals surface area contributed by atoms with Crippen molar-refractivity contribution >= 4 is 35.1 Å². The summed E-state index contributed by atoms with van der Waals surface area (Å²) in [5.41, 5.74) is 2.29. The Morgan fingerprint density at radius 3 is 1.93 bits per heavy atom. The third kappa shape index (κ3) is 8.27. The third-order valence-electron chi connectivity index (χ3n) is 7.03. The highest BCUT2D eigenvalue weighted by Gasteiger charge is 2.30. The predicted octanol–water partition coefficient (Wildman–Crippen LogP) is 7.94. The molecule has 2 N–H and O–H groups in total. The first-order valence-corrected chi connectivity index (χ1v) is 14.2. The molecule has 0 aromatic heterocycles. The highest BCUT2D eigenvalue weighted by atomic mass is 35.5. The van der Waals surface area contributed by atoms with Crippen LogP contribution in [0.15, 0.2) is 84.9 Å². The van der Waals surface area contributed by atoms with Gasteiger partial charge in [0, 0.05) is 12.3 Å². The molecule has 1 atom stereocenters. The van der Waals surface area contributed by atoms with Crippen LogP contribution >= 0.6 is 11.6 Å². The second-order valence-electron chi connectivity index (χ2n) is 10.6. The minimum absolute atomic E-state index is 0.00108. The molecule has 0 saturated carbocycles. The van der Waals surface area contributed by atoms with E-state index >= 15 is 0 Å². The zero-order valence-electron chi connectivity index (χ0n) is 24.5. The van der Waals surface area contributed by atoms with Crippen LogP contribution in [-0.4, -0.2) is 30.9 Å². The largest absolute Gasteiger partial charge is 0.467 e. The van der Waals surface area contributed by atoms with Gasteiger partial charge in [-0.15, -0.1) is 0 Å². The van der Waals surface area contributed by atoms with E-state index in [-0.39, 0.29) is 28.6 Å². The van der Waals surface area contributed by atoms with Gasteiger partial charge in [-0.25, -0.2) is 9.18 Å². The molecule has 6 nitrogen and oxygen atoms in total. The lowest BCUT2D eigenvalue weighted by Gasteiger charge is -2.19. The number of halogens is 5. The van der Waals surface area contributed by atoms with Gasteiger partial charge in [-0.1, -0.05) is 74.0 Å². The van der Waals surface area contributed by atoms with E-state index in [1.54, 1.807) is 50.2 Å². The molecule has 1 unspecified atom stereocenters. The maximum absolute atomic E-state index is 13.6. The molecule has 4 rings (SSSR count). The number of carbonyl (C=O) groups is 3. The average Bonchev–Trinajstić information content (AvgIpc) is 3.01. The lowest BCUT2D eigenvalue weighted by molar-refractivity contribution is -0.143. The number of hydrogen-bond donors (Lipinski definition) is 2. The second-order valence-corrected chi connectivity index (χ2v) is 11.0. The van der Waals surface area contributed by atoms with Gasteiger partial charge in [-0.3, -0.25) is 9.59 Å². The summed E-state index contributed by atoms with van der Waals surface area (Å²) in [4.78, 5) is 38.9.